The first-order chi connectivity index (χ1) is 16.7. The second kappa shape index (κ2) is 8.75. The van der Waals surface area contributed by atoms with Crippen LogP contribution in [0, 0.1) is 18.2 Å². The van der Waals surface area contributed by atoms with Crippen LogP contribution in [0.15, 0.2) is 40.9 Å². The van der Waals surface area contributed by atoms with Gasteiger partial charge < -0.3 is 14.2 Å². The van der Waals surface area contributed by atoms with Crippen LogP contribution in [-0.4, -0.2) is 61.9 Å². The first-order valence-corrected chi connectivity index (χ1v) is 11.6. The molecule has 1 saturated heterocycles. The fourth-order valence-electron chi connectivity index (χ4n) is 4.10. The Morgan fingerprint density at radius 3 is 2.57 bits per heavy atom. The summed E-state index contributed by atoms with van der Waals surface area (Å²) in [7, 11) is 0. The zero-order chi connectivity index (χ0) is 24.7. The lowest BCUT2D eigenvalue weighted by Crippen LogP contribution is -2.49. The van der Waals surface area contributed by atoms with E-state index in [2.05, 4.69) is 40.9 Å². The highest BCUT2D eigenvalue weighted by Gasteiger charge is 2.26. The maximum Gasteiger partial charge on any atom is 0.300 e. The number of aromatic nitrogens is 5. The lowest BCUT2D eigenvalue weighted by atomic mass is 9.97. The third kappa shape index (κ3) is 4.87. The Morgan fingerprint density at radius 1 is 1.09 bits per heavy atom. The molecule has 0 atom stereocenters. The number of anilines is 1. The summed E-state index contributed by atoms with van der Waals surface area (Å²) >= 11 is 0. The molecule has 9 nitrogen and oxygen atoms in total. The van der Waals surface area contributed by atoms with Gasteiger partial charge in [-0.05, 0) is 42.7 Å². The van der Waals surface area contributed by atoms with Crippen molar-refractivity contribution in [3.8, 4) is 11.3 Å². The van der Waals surface area contributed by atoms with Crippen molar-refractivity contribution in [2.45, 2.75) is 34.2 Å². The van der Waals surface area contributed by atoms with E-state index in [1.807, 2.05) is 24.0 Å². The number of halogens is 1. The van der Waals surface area contributed by atoms with Crippen LogP contribution >= 0.6 is 0 Å². The third-order valence-corrected chi connectivity index (χ3v) is 5.86. The van der Waals surface area contributed by atoms with Crippen molar-refractivity contribution in [2.75, 3.05) is 31.1 Å². The third-order valence-electron chi connectivity index (χ3n) is 5.86. The normalized spacial score (nSPS) is 14.7. The maximum atomic E-state index is 14.9. The smallest absolute Gasteiger partial charge is 0.300 e. The molecule has 1 aliphatic rings. The van der Waals surface area contributed by atoms with E-state index < -0.39 is 5.82 Å². The van der Waals surface area contributed by atoms with Crippen LogP contribution in [0.3, 0.4) is 0 Å². The summed E-state index contributed by atoms with van der Waals surface area (Å²) in [5.41, 5.74) is 3.18. The van der Waals surface area contributed by atoms with Crippen LogP contribution < -0.4 is 4.90 Å². The van der Waals surface area contributed by atoms with Gasteiger partial charge in [-0.25, -0.2) is 9.37 Å². The Balaban J connectivity index is 1.25. The van der Waals surface area contributed by atoms with E-state index in [0.29, 0.717) is 66.8 Å². The van der Waals surface area contributed by atoms with E-state index in [1.165, 1.54) is 6.07 Å². The average Bonchev–Trinajstić information content (AvgIpc) is 3.44. The molecule has 0 spiro atoms. The summed E-state index contributed by atoms with van der Waals surface area (Å²) in [6, 6.07) is 8.76. The molecule has 0 N–H and O–H groups in total. The zero-order valence-corrected chi connectivity index (χ0v) is 20.3. The van der Waals surface area contributed by atoms with Gasteiger partial charge >= 0.3 is 0 Å². The Bertz CT molecular complexity index is 1380. The molecule has 4 aromatic rings. The highest BCUT2D eigenvalue weighted by atomic mass is 19.1. The second-order valence-electron chi connectivity index (χ2n) is 10.1. The molecule has 1 amide bonds. The van der Waals surface area contributed by atoms with Gasteiger partial charge in [0.05, 0.1) is 12.7 Å². The predicted molar refractivity (Wildman–Crippen MR) is 130 cm³/mol. The molecule has 182 valence electrons. The van der Waals surface area contributed by atoms with Crippen LogP contribution in [0.5, 0.6) is 0 Å². The van der Waals surface area contributed by atoms with Crippen molar-refractivity contribution < 1.29 is 13.6 Å². The number of aryl methyl sites for hydroxylation is 1. The molecular formula is C25H28FN7O2. The molecule has 0 unspecified atom stereocenters. The molecule has 4 heterocycles. The largest absolute Gasteiger partial charge is 0.422 e. The summed E-state index contributed by atoms with van der Waals surface area (Å²) in [4.78, 5) is 27.2. The number of nitrogens with zero attached hydrogens (tertiary/aromatic N) is 7. The van der Waals surface area contributed by atoms with Gasteiger partial charge in [0.1, 0.15) is 11.5 Å². The quantitative estimate of drug-likeness (QED) is 0.440. The van der Waals surface area contributed by atoms with Gasteiger partial charge in [0.15, 0.2) is 5.58 Å². The van der Waals surface area contributed by atoms with E-state index in [-0.39, 0.29) is 11.3 Å². The van der Waals surface area contributed by atoms with Gasteiger partial charge in [-0.1, -0.05) is 20.8 Å². The number of oxazole rings is 1. The summed E-state index contributed by atoms with van der Waals surface area (Å²) in [6.45, 7) is 10.9. The first kappa shape index (κ1) is 22.9. The van der Waals surface area contributed by atoms with E-state index >= 15 is 0 Å². The molecule has 10 heteroatoms. The average molecular weight is 478 g/mol. The van der Waals surface area contributed by atoms with Crippen LogP contribution in [0.1, 0.15) is 36.8 Å². The topological polar surface area (TPSA) is 93.2 Å². The molecule has 3 aromatic heterocycles. The van der Waals surface area contributed by atoms with Crippen LogP contribution in [0.25, 0.3) is 22.5 Å². The summed E-state index contributed by atoms with van der Waals surface area (Å²) in [5, 5.41) is 8.64. The molecule has 1 fully saturated rings. The number of piperazine rings is 1. The van der Waals surface area contributed by atoms with Gasteiger partial charge in [-0.15, -0.1) is 0 Å². The highest BCUT2D eigenvalue weighted by Crippen LogP contribution is 2.25. The Kier molecular flexibility index (Phi) is 5.74. The molecule has 0 aliphatic carbocycles. The number of carbonyl (C=O) groups excluding carboxylic acids is 1. The lowest BCUT2D eigenvalue weighted by molar-refractivity contribution is 0.0744. The minimum atomic E-state index is -0.494. The SMILES string of the molecule is Cc1ccc2oc(N3CCN(C(=O)c4ccc(-c5cnn(CC(C)(C)C)n5)c(F)c4)CC3)nc2n1. The van der Waals surface area contributed by atoms with Crippen molar-refractivity contribution in [1.29, 1.82) is 0 Å². The minimum absolute atomic E-state index is 0.00549. The van der Waals surface area contributed by atoms with Crippen molar-refractivity contribution in [2.24, 2.45) is 5.41 Å². The van der Waals surface area contributed by atoms with Crippen molar-refractivity contribution in [3.05, 3.63) is 53.6 Å². The lowest BCUT2D eigenvalue weighted by Gasteiger charge is -2.33. The molecule has 0 radical (unpaired) electrons. The number of pyridine rings is 1. The van der Waals surface area contributed by atoms with E-state index in [4.69, 9.17) is 4.42 Å². The molecular weight excluding hydrogens is 449 g/mol. The Hall–Kier alpha value is -3.82. The van der Waals surface area contributed by atoms with Gasteiger partial charge in [0, 0.05) is 43.0 Å². The molecule has 1 aliphatic heterocycles. The van der Waals surface area contributed by atoms with E-state index in [0.717, 1.165) is 5.69 Å². The van der Waals surface area contributed by atoms with Crippen LogP contribution in [0.2, 0.25) is 0 Å². The van der Waals surface area contributed by atoms with E-state index in [1.54, 1.807) is 28.0 Å². The standard InChI is InChI=1S/C25H28FN7O2/c1-16-5-8-21-22(28-16)29-24(35-21)32-11-9-31(10-12-32)23(34)17-6-7-18(19(26)13-17)20-14-27-33(30-20)15-25(2,3)4/h5-8,13-14H,9-12,15H2,1-4H3. The number of rotatable bonds is 4. The summed E-state index contributed by atoms with van der Waals surface area (Å²) in [5.74, 6) is -0.701. The molecule has 1 aromatic carbocycles. The number of amides is 1. The number of carbonyl (C=O) groups is 1. The van der Waals surface area contributed by atoms with Gasteiger partial charge in [0.25, 0.3) is 11.9 Å². The van der Waals surface area contributed by atoms with Crippen molar-refractivity contribution >= 4 is 23.2 Å². The summed E-state index contributed by atoms with van der Waals surface area (Å²) in [6.07, 6.45) is 1.55. The van der Waals surface area contributed by atoms with Gasteiger partial charge in [0.2, 0.25) is 5.65 Å². The Labute approximate surface area is 202 Å². The fourth-order valence-corrected chi connectivity index (χ4v) is 4.10. The van der Waals surface area contributed by atoms with Gasteiger partial charge in [-0.3, -0.25) is 4.79 Å². The van der Waals surface area contributed by atoms with Crippen LogP contribution in [-0.2, 0) is 6.54 Å². The number of hydrogen-bond acceptors (Lipinski definition) is 7. The minimum Gasteiger partial charge on any atom is -0.422 e. The van der Waals surface area contributed by atoms with Crippen molar-refractivity contribution in [3.63, 3.8) is 0 Å². The molecule has 35 heavy (non-hydrogen) atoms. The van der Waals surface area contributed by atoms with Crippen molar-refractivity contribution in [1.82, 2.24) is 29.9 Å². The fraction of sp³-hybridized carbons (Fsp3) is 0.400. The zero-order valence-electron chi connectivity index (χ0n) is 20.3. The first-order valence-electron chi connectivity index (χ1n) is 11.6. The molecule has 5 rings (SSSR count). The van der Waals surface area contributed by atoms with Gasteiger partial charge in [-0.2, -0.15) is 20.0 Å². The molecule has 0 saturated carbocycles. The monoisotopic (exact) mass is 477 g/mol. The number of fused-ring (bicyclic) bond motifs is 1. The van der Waals surface area contributed by atoms with E-state index in [9.17, 15) is 9.18 Å². The Morgan fingerprint density at radius 2 is 1.86 bits per heavy atom. The number of benzene rings is 1. The predicted octanol–water partition coefficient (Wildman–Crippen LogP) is 3.94. The second-order valence-corrected chi connectivity index (χ2v) is 10.1. The maximum absolute atomic E-state index is 14.9. The number of hydrogen-bond donors (Lipinski definition) is 0. The highest BCUT2D eigenvalue weighted by molar-refractivity contribution is 5.95. The molecule has 0 bridgehead atoms. The van der Waals surface area contributed by atoms with Crippen LogP contribution in [0.4, 0.5) is 10.4 Å². The summed E-state index contributed by atoms with van der Waals surface area (Å²) < 4.78 is 20.8.